The average molecular weight is 389 g/mol. The van der Waals surface area contributed by atoms with E-state index < -0.39 is 17.0 Å². The number of ketones is 1. The van der Waals surface area contributed by atoms with Gasteiger partial charge in [-0.25, -0.2) is 0 Å². The Hall–Kier alpha value is -3.80. The van der Waals surface area contributed by atoms with E-state index in [2.05, 4.69) is 0 Å². The van der Waals surface area contributed by atoms with Crippen molar-refractivity contribution < 1.29 is 19.2 Å². The molecule has 3 rings (SSSR count). The molecule has 0 bridgehead atoms. The van der Waals surface area contributed by atoms with Crippen molar-refractivity contribution in [3.63, 3.8) is 0 Å². The molecule has 0 saturated heterocycles. The Morgan fingerprint density at radius 3 is 2.03 bits per heavy atom. The Morgan fingerprint density at radius 2 is 1.45 bits per heavy atom. The summed E-state index contributed by atoms with van der Waals surface area (Å²) in [5.74, 6) is -0.804. The quantitative estimate of drug-likeness (QED) is 0.241. The van der Waals surface area contributed by atoms with Crippen molar-refractivity contribution in [2.45, 2.75) is 18.9 Å². The number of ether oxygens (including phenoxy) is 1. The molecule has 0 heterocycles. The molecule has 0 fully saturated rings. The SMILES string of the molecule is O=C(CCc1ccc([N+](=O)[O-])cc1)OC(C(=O)c1ccccc1)c1ccccc1. The van der Waals surface area contributed by atoms with Crippen LogP contribution in [0.15, 0.2) is 84.9 Å². The number of nitro benzene ring substituents is 1. The topological polar surface area (TPSA) is 86.5 Å². The molecule has 0 aliphatic carbocycles. The van der Waals surface area contributed by atoms with Gasteiger partial charge in [0.15, 0.2) is 6.10 Å². The molecule has 0 aromatic heterocycles. The number of rotatable bonds is 8. The van der Waals surface area contributed by atoms with E-state index in [1.165, 1.54) is 12.1 Å². The van der Waals surface area contributed by atoms with Crippen LogP contribution in [0.4, 0.5) is 5.69 Å². The van der Waals surface area contributed by atoms with Crippen LogP contribution in [-0.2, 0) is 16.0 Å². The molecular formula is C23H19NO5. The predicted octanol–water partition coefficient (Wildman–Crippen LogP) is 4.69. The molecular weight excluding hydrogens is 370 g/mol. The first-order valence-electron chi connectivity index (χ1n) is 9.11. The van der Waals surface area contributed by atoms with Crippen LogP contribution in [-0.4, -0.2) is 16.7 Å². The molecule has 1 atom stereocenters. The Bertz CT molecular complexity index is 985. The van der Waals surface area contributed by atoms with E-state index in [0.717, 1.165) is 5.56 Å². The molecule has 29 heavy (non-hydrogen) atoms. The van der Waals surface area contributed by atoms with Gasteiger partial charge in [-0.05, 0) is 12.0 Å². The fourth-order valence-corrected chi connectivity index (χ4v) is 2.88. The van der Waals surface area contributed by atoms with Gasteiger partial charge in [-0.2, -0.15) is 0 Å². The highest BCUT2D eigenvalue weighted by molar-refractivity contribution is 6.00. The second kappa shape index (κ2) is 9.41. The number of nitrogens with zero attached hydrogens (tertiary/aromatic N) is 1. The second-order valence-electron chi connectivity index (χ2n) is 6.43. The molecule has 0 spiro atoms. The molecule has 0 saturated carbocycles. The Morgan fingerprint density at radius 1 is 0.862 bits per heavy atom. The lowest BCUT2D eigenvalue weighted by atomic mass is 10.00. The number of carbonyl (C=O) groups is 2. The van der Waals surface area contributed by atoms with Gasteiger partial charge in [-0.1, -0.05) is 72.8 Å². The summed E-state index contributed by atoms with van der Waals surface area (Å²) in [4.78, 5) is 35.6. The maximum Gasteiger partial charge on any atom is 0.307 e. The van der Waals surface area contributed by atoms with Gasteiger partial charge in [0.05, 0.1) is 4.92 Å². The summed E-state index contributed by atoms with van der Waals surface area (Å²) < 4.78 is 5.54. The zero-order valence-electron chi connectivity index (χ0n) is 15.6. The first kappa shape index (κ1) is 19.9. The van der Waals surface area contributed by atoms with Crippen LogP contribution in [0.1, 0.15) is 34.0 Å². The lowest BCUT2D eigenvalue weighted by Gasteiger charge is -2.17. The third-order valence-corrected chi connectivity index (χ3v) is 4.41. The fourth-order valence-electron chi connectivity index (χ4n) is 2.88. The van der Waals surface area contributed by atoms with Gasteiger partial charge in [0.1, 0.15) is 0 Å². The van der Waals surface area contributed by atoms with E-state index in [4.69, 9.17) is 4.74 Å². The number of carbonyl (C=O) groups excluding carboxylic acids is 2. The van der Waals surface area contributed by atoms with Crippen molar-refractivity contribution in [1.82, 2.24) is 0 Å². The van der Waals surface area contributed by atoms with Crippen molar-refractivity contribution >= 4 is 17.4 Å². The van der Waals surface area contributed by atoms with E-state index >= 15 is 0 Å². The number of benzene rings is 3. The van der Waals surface area contributed by atoms with E-state index in [-0.39, 0.29) is 17.9 Å². The number of esters is 1. The molecule has 0 N–H and O–H groups in total. The molecule has 0 amide bonds. The maximum atomic E-state index is 12.9. The second-order valence-corrected chi connectivity index (χ2v) is 6.43. The van der Waals surface area contributed by atoms with Crippen LogP contribution >= 0.6 is 0 Å². The molecule has 3 aromatic rings. The molecule has 6 nitrogen and oxygen atoms in total. The van der Waals surface area contributed by atoms with Gasteiger partial charge in [-0.3, -0.25) is 19.7 Å². The van der Waals surface area contributed by atoms with Gasteiger partial charge in [0, 0.05) is 29.7 Å². The number of hydrogen-bond donors (Lipinski definition) is 0. The van der Waals surface area contributed by atoms with E-state index in [1.807, 2.05) is 12.1 Å². The molecule has 0 aliphatic rings. The normalized spacial score (nSPS) is 11.4. The van der Waals surface area contributed by atoms with Crippen molar-refractivity contribution in [3.05, 3.63) is 112 Å². The zero-order valence-corrected chi connectivity index (χ0v) is 15.6. The van der Waals surface area contributed by atoms with E-state index in [0.29, 0.717) is 17.5 Å². The lowest BCUT2D eigenvalue weighted by Crippen LogP contribution is -2.20. The minimum absolute atomic E-state index is 0.00562. The third-order valence-electron chi connectivity index (χ3n) is 4.41. The van der Waals surface area contributed by atoms with E-state index in [9.17, 15) is 19.7 Å². The number of nitro groups is 1. The van der Waals surface area contributed by atoms with Gasteiger partial charge in [0.25, 0.3) is 5.69 Å². The number of aryl methyl sites for hydroxylation is 1. The molecule has 0 radical (unpaired) electrons. The van der Waals surface area contributed by atoms with Crippen molar-refractivity contribution in [3.8, 4) is 0 Å². The summed E-state index contributed by atoms with van der Waals surface area (Å²) in [7, 11) is 0. The van der Waals surface area contributed by atoms with Gasteiger partial charge in [0.2, 0.25) is 5.78 Å². The largest absolute Gasteiger partial charge is 0.449 e. The summed E-state index contributed by atoms with van der Waals surface area (Å²) in [6, 6.07) is 23.6. The van der Waals surface area contributed by atoms with Gasteiger partial charge in [-0.15, -0.1) is 0 Å². The Balaban J connectivity index is 1.69. The van der Waals surface area contributed by atoms with Crippen molar-refractivity contribution in [1.29, 1.82) is 0 Å². The average Bonchev–Trinajstić information content (AvgIpc) is 2.77. The van der Waals surface area contributed by atoms with Crippen LogP contribution in [0.25, 0.3) is 0 Å². The molecule has 146 valence electrons. The minimum Gasteiger partial charge on any atom is -0.449 e. The summed E-state index contributed by atoms with van der Waals surface area (Å²) in [6.07, 6.45) is -0.607. The first-order chi connectivity index (χ1) is 14.0. The van der Waals surface area contributed by atoms with Crippen molar-refractivity contribution in [2.24, 2.45) is 0 Å². The molecule has 6 heteroatoms. The highest BCUT2D eigenvalue weighted by Gasteiger charge is 2.25. The summed E-state index contributed by atoms with van der Waals surface area (Å²) >= 11 is 0. The number of Topliss-reactive ketones (excluding diaryl/α,β-unsaturated/α-hetero) is 1. The van der Waals surface area contributed by atoms with Crippen LogP contribution < -0.4 is 0 Å². The lowest BCUT2D eigenvalue weighted by molar-refractivity contribution is -0.384. The highest BCUT2D eigenvalue weighted by atomic mass is 16.6. The fraction of sp³-hybridized carbons (Fsp3) is 0.130. The molecule has 0 aliphatic heterocycles. The van der Waals surface area contributed by atoms with E-state index in [1.54, 1.807) is 60.7 Å². The smallest absolute Gasteiger partial charge is 0.307 e. The maximum absolute atomic E-state index is 12.9. The summed E-state index contributed by atoms with van der Waals surface area (Å²) in [6.45, 7) is 0. The van der Waals surface area contributed by atoms with Gasteiger partial charge >= 0.3 is 5.97 Å². The van der Waals surface area contributed by atoms with Crippen LogP contribution in [0.2, 0.25) is 0 Å². The number of hydrogen-bond acceptors (Lipinski definition) is 5. The van der Waals surface area contributed by atoms with Crippen LogP contribution in [0.5, 0.6) is 0 Å². The monoisotopic (exact) mass is 389 g/mol. The molecule has 3 aromatic carbocycles. The van der Waals surface area contributed by atoms with Crippen LogP contribution in [0, 0.1) is 10.1 Å². The van der Waals surface area contributed by atoms with Crippen molar-refractivity contribution in [2.75, 3.05) is 0 Å². The Kier molecular flexibility index (Phi) is 6.47. The Labute approximate surface area is 167 Å². The summed E-state index contributed by atoms with van der Waals surface area (Å²) in [5, 5.41) is 10.7. The summed E-state index contributed by atoms with van der Waals surface area (Å²) in [5.41, 5.74) is 1.83. The third kappa shape index (κ3) is 5.35. The van der Waals surface area contributed by atoms with Gasteiger partial charge < -0.3 is 4.74 Å². The minimum atomic E-state index is -1.03. The zero-order chi connectivity index (χ0) is 20.6. The first-order valence-corrected chi connectivity index (χ1v) is 9.11. The predicted molar refractivity (Wildman–Crippen MR) is 107 cm³/mol. The molecule has 1 unspecified atom stereocenters. The highest BCUT2D eigenvalue weighted by Crippen LogP contribution is 2.23. The standard InChI is InChI=1S/C23H19NO5/c25-21(16-13-17-11-14-20(15-12-17)24(27)28)29-23(19-9-5-2-6-10-19)22(26)18-7-3-1-4-8-18/h1-12,14-15,23H,13,16H2. The van der Waals surface area contributed by atoms with Crippen LogP contribution in [0.3, 0.4) is 0 Å². The number of non-ortho nitro benzene ring substituents is 1.